The van der Waals surface area contributed by atoms with E-state index in [1.807, 2.05) is 0 Å². The maximum Gasteiger partial charge on any atom is 0.155 e. The number of sulfone groups is 1. The van der Waals surface area contributed by atoms with Crippen molar-refractivity contribution in [1.82, 2.24) is 4.90 Å². The van der Waals surface area contributed by atoms with E-state index in [4.69, 9.17) is 0 Å². The maximum atomic E-state index is 11.5. The molecule has 1 saturated heterocycles. The average molecular weight is 217 g/mol. The van der Waals surface area contributed by atoms with E-state index in [0.29, 0.717) is 11.8 Å². The molecule has 0 amide bonds. The number of nitrogens with zero attached hydrogens (tertiary/aromatic N) is 1. The van der Waals surface area contributed by atoms with Gasteiger partial charge in [0, 0.05) is 24.9 Å². The Kier molecular flexibility index (Phi) is 2.84. The molecule has 0 aromatic heterocycles. The standard InChI is InChI=1S/C10H19NO2S/c1-2-14(12,13)10-7-11(8-10)9-5-3-4-6-9/h9-10H,2-8H2,1H3. The van der Waals surface area contributed by atoms with Gasteiger partial charge >= 0.3 is 0 Å². The van der Waals surface area contributed by atoms with Gasteiger partial charge in [-0.3, -0.25) is 4.90 Å². The number of hydrogen-bond donors (Lipinski definition) is 0. The number of likely N-dealkylation sites (tertiary alicyclic amines) is 1. The molecular formula is C10H19NO2S. The first-order valence-electron chi connectivity index (χ1n) is 5.59. The molecule has 1 heterocycles. The summed E-state index contributed by atoms with van der Waals surface area (Å²) in [5.41, 5.74) is 0. The lowest BCUT2D eigenvalue weighted by Crippen LogP contribution is -2.58. The van der Waals surface area contributed by atoms with E-state index >= 15 is 0 Å². The van der Waals surface area contributed by atoms with Crippen molar-refractivity contribution in [3.63, 3.8) is 0 Å². The summed E-state index contributed by atoms with van der Waals surface area (Å²) in [6.45, 7) is 3.33. The van der Waals surface area contributed by atoms with Crippen LogP contribution in [0.4, 0.5) is 0 Å². The first-order valence-corrected chi connectivity index (χ1v) is 7.30. The lowest BCUT2D eigenvalue weighted by molar-refractivity contribution is 0.124. The Hall–Kier alpha value is -0.0900. The second-order valence-corrected chi connectivity index (χ2v) is 7.04. The Labute approximate surface area is 86.4 Å². The Bertz CT molecular complexity index is 287. The summed E-state index contributed by atoms with van der Waals surface area (Å²) in [5, 5.41) is -0.0619. The molecule has 0 atom stereocenters. The average Bonchev–Trinajstić information content (AvgIpc) is 2.54. The van der Waals surface area contributed by atoms with Gasteiger partial charge < -0.3 is 0 Å². The fourth-order valence-corrected chi connectivity index (χ4v) is 3.81. The normalized spacial score (nSPS) is 26.6. The van der Waals surface area contributed by atoms with Gasteiger partial charge in [-0.15, -0.1) is 0 Å². The topological polar surface area (TPSA) is 37.4 Å². The van der Waals surface area contributed by atoms with Gasteiger partial charge in [-0.05, 0) is 12.8 Å². The van der Waals surface area contributed by atoms with Crippen molar-refractivity contribution in [3.8, 4) is 0 Å². The summed E-state index contributed by atoms with van der Waals surface area (Å²) in [7, 11) is -2.77. The summed E-state index contributed by atoms with van der Waals surface area (Å²) in [6.07, 6.45) is 5.20. The van der Waals surface area contributed by atoms with Crippen molar-refractivity contribution in [2.24, 2.45) is 0 Å². The van der Waals surface area contributed by atoms with Gasteiger partial charge in [0.1, 0.15) is 0 Å². The molecule has 0 bridgehead atoms. The highest BCUT2D eigenvalue weighted by molar-refractivity contribution is 7.92. The number of rotatable bonds is 3. The summed E-state index contributed by atoms with van der Waals surface area (Å²) in [5.74, 6) is 0.302. The minimum absolute atomic E-state index is 0.0619. The van der Waals surface area contributed by atoms with Crippen LogP contribution >= 0.6 is 0 Å². The van der Waals surface area contributed by atoms with Gasteiger partial charge in [0.05, 0.1) is 5.25 Å². The molecule has 1 aliphatic heterocycles. The predicted octanol–water partition coefficient (Wildman–Crippen LogP) is 1.05. The molecule has 82 valence electrons. The largest absolute Gasteiger partial charge is 0.298 e. The molecule has 1 saturated carbocycles. The van der Waals surface area contributed by atoms with Crippen LogP contribution in [0.2, 0.25) is 0 Å². The fraction of sp³-hybridized carbons (Fsp3) is 1.00. The minimum atomic E-state index is -2.77. The lowest BCUT2D eigenvalue weighted by Gasteiger charge is -2.42. The van der Waals surface area contributed by atoms with Crippen LogP contribution in [0.15, 0.2) is 0 Å². The van der Waals surface area contributed by atoms with Crippen LogP contribution in [0.3, 0.4) is 0 Å². The zero-order valence-electron chi connectivity index (χ0n) is 8.78. The highest BCUT2D eigenvalue weighted by Gasteiger charge is 2.39. The molecule has 4 heteroatoms. The third kappa shape index (κ3) is 1.82. The van der Waals surface area contributed by atoms with Crippen molar-refractivity contribution >= 4 is 9.84 Å². The molecule has 14 heavy (non-hydrogen) atoms. The molecule has 2 aliphatic rings. The zero-order valence-corrected chi connectivity index (χ0v) is 9.59. The second-order valence-electron chi connectivity index (χ2n) is 4.47. The van der Waals surface area contributed by atoms with Gasteiger partial charge in [0.2, 0.25) is 0 Å². The van der Waals surface area contributed by atoms with Crippen LogP contribution in [0.25, 0.3) is 0 Å². The smallest absolute Gasteiger partial charge is 0.155 e. The molecular weight excluding hydrogens is 198 g/mol. The first kappa shape index (κ1) is 10.4. The summed E-state index contributed by atoms with van der Waals surface area (Å²) in [6, 6.07) is 0.693. The second kappa shape index (κ2) is 3.81. The fourth-order valence-electron chi connectivity index (χ4n) is 2.50. The lowest BCUT2D eigenvalue weighted by atomic mass is 10.1. The monoisotopic (exact) mass is 217 g/mol. The summed E-state index contributed by atoms with van der Waals surface area (Å²) in [4.78, 5) is 2.35. The third-order valence-electron chi connectivity index (χ3n) is 3.63. The zero-order chi connectivity index (χ0) is 10.2. The molecule has 2 rings (SSSR count). The maximum absolute atomic E-state index is 11.5. The van der Waals surface area contributed by atoms with E-state index in [2.05, 4.69) is 4.90 Å². The molecule has 0 unspecified atom stereocenters. The molecule has 0 aromatic carbocycles. The predicted molar refractivity (Wildman–Crippen MR) is 57.1 cm³/mol. The minimum Gasteiger partial charge on any atom is -0.298 e. The summed E-state index contributed by atoms with van der Waals surface area (Å²) >= 11 is 0. The highest BCUT2D eigenvalue weighted by atomic mass is 32.2. The van der Waals surface area contributed by atoms with Crippen molar-refractivity contribution in [2.75, 3.05) is 18.8 Å². The van der Waals surface area contributed by atoms with E-state index in [0.717, 1.165) is 13.1 Å². The molecule has 1 aliphatic carbocycles. The van der Waals surface area contributed by atoms with Crippen LogP contribution in [-0.2, 0) is 9.84 Å². The van der Waals surface area contributed by atoms with Gasteiger partial charge in [-0.25, -0.2) is 8.42 Å². The van der Waals surface area contributed by atoms with Crippen LogP contribution in [-0.4, -0.2) is 43.5 Å². The number of hydrogen-bond acceptors (Lipinski definition) is 3. The molecule has 0 N–H and O–H groups in total. The third-order valence-corrected chi connectivity index (χ3v) is 5.75. The van der Waals surface area contributed by atoms with Gasteiger partial charge in [-0.2, -0.15) is 0 Å². The van der Waals surface area contributed by atoms with Crippen LogP contribution in [0, 0.1) is 0 Å². The van der Waals surface area contributed by atoms with Gasteiger partial charge in [0.15, 0.2) is 9.84 Å². The van der Waals surface area contributed by atoms with Gasteiger partial charge in [0.25, 0.3) is 0 Å². The van der Waals surface area contributed by atoms with Crippen LogP contribution < -0.4 is 0 Å². The molecule has 0 radical (unpaired) electrons. The SMILES string of the molecule is CCS(=O)(=O)C1CN(C2CCCC2)C1. The van der Waals surface area contributed by atoms with E-state index < -0.39 is 9.84 Å². The first-order chi connectivity index (χ1) is 6.63. The Balaban J connectivity index is 1.84. The van der Waals surface area contributed by atoms with Crippen LogP contribution in [0.5, 0.6) is 0 Å². The van der Waals surface area contributed by atoms with E-state index in [1.165, 1.54) is 25.7 Å². The Morgan fingerprint density at radius 3 is 2.29 bits per heavy atom. The van der Waals surface area contributed by atoms with Crippen molar-refractivity contribution < 1.29 is 8.42 Å². The van der Waals surface area contributed by atoms with E-state index in [9.17, 15) is 8.42 Å². The van der Waals surface area contributed by atoms with Crippen molar-refractivity contribution in [3.05, 3.63) is 0 Å². The Morgan fingerprint density at radius 2 is 1.79 bits per heavy atom. The van der Waals surface area contributed by atoms with E-state index in [-0.39, 0.29) is 5.25 Å². The summed E-state index contributed by atoms with van der Waals surface area (Å²) < 4.78 is 23.0. The van der Waals surface area contributed by atoms with Crippen LogP contribution in [0.1, 0.15) is 32.6 Å². The molecule has 0 spiro atoms. The highest BCUT2D eigenvalue weighted by Crippen LogP contribution is 2.29. The molecule has 3 nitrogen and oxygen atoms in total. The van der Waals surface area contributed by atoms with E-state index in [1.54, 1.807) is 6.92 Å². The van der Waals surface area contributed by atoms with Crippen molar-refractivity contribution in [1.29, 1.82) is 0 Å². The van der Waals surface area contributed by atoms with Gasteiger partial charge in [-0.1, -0.05) is 19.8 Å². The van der Waals surface area contributed by atoms with Crippen molar-refractivity contribution in [2.45, 2.75) is 43.9 Å². The molecule has 2 fully saturated rings. The Morgan fingerprint density at radius 1 is 1.21 bits per heavy atom. The quantitative estimate of drug-likeness (QED) is 0.709. The molecule has 0 aromatic rings.